The van der Waals surface area contributed by atoms with Crippen molar-refractivity contribution in [3.63, 3.8) is 0 Å². The molecule has 1 aromatic carbocycles. The van der Waals surface area contributed by atoms with E-state index in [4.69, 9.17) is 10.6 Å². The highest BCUT2D eigenvalue weighted by Gasteiger charge is 2.12. The zero-order chi connectivity index (χ0) is 14.1. The fraction of sp³-hybridized carbons (Fsp3) is 0. The fourth-order valence-electron chi connectivity index (χ4n) is 1.60. The Bertz CT molecular complexity index is 777. The molecule has 102 valence electrons. The summed E-state index contributed by atoms with van der Waals surface area (Å²) in [4.78, 5) is 8.14. The number of H-pyrrole nitrogens is 1. The van der Waals surface area contributed by atoms with Crippen LogP contribution < -0.4 is 16.0 Å². The van der Waals surface area contributed by atoms with Crippen LogP contribution in [0.25, 0.3) is 11.0 Å². The number of fused-ring (bicyclic) bond motifs is 1. The molecular weight excluding hydrogens is 331 g/mol. The summed E-state index contributed by atoms with van der Waals surface area (Å²) in [7, 11) is 0. The molecule has 9 heteroatoms. The first-order valence-corrected chi connectivity index (χ1v) is 6.27. The van der Waals surface area contributed by atoms with Gasteiger partial charge in [-0.05, 0) is 28.1 Å². The Balaban J connectivity index is 2.04. The number of nitrogen functional groups attached to an aromatic ring is 1. The van der Waals surface area contributed by atoms with Crippen molar-refractivity contribution >= 4 is 32.9 Å². The number of nitrogens with one attached hydrogen (secondary N) is 2. The number of rotatable bonds is 3. The van der Waals surface area contributed by atoms with Gasteiger partial charge in [0.1, 0.15) is 17.0 Å². The Morgan fingerprint density at radius 1 is 1.35 bits per heavy atom. The quantitative estimate of drug-likeness (QED) is 0.500. The average molecular weight is 339 g/mol. The number of nitrogens with two attached hydrogens (primary N) is 1. The molecule has 20 heavy (non-hydrogen) atoms. The van der Waals surface area contributed by atoms with Gasteiger partial charge < -0.3 is 4.74 Å². The number of anilines is 1. The molecule has 0 fully saturated rings. The number of aromatic amines is 1. The Morgan fingerprint density at radius 3 is 2.95 bits per heavy atom. The van der Waals surface area contributed by atoms with Crippen LogP contribution in [0.15, 0.2) is 28.9 Å². The van der Waals surface area contributed by atoms with Crippen molar-refractivity contribution in [2.75, 3.05) is 5.43 Å². The smallest absolute Gasteiger partial charge is 0.242 e. The number of benzene rings is 1. The predicted molar refractivity (Wildman–Crippen MR) is 73.7 cm³/mol. The van der Waals surface area contributed by atoms with Gasteiger partial charge in [-0.15, -0.1) is 0 Å². The highest BCUT2D eigenvalue weighted by Crippen LogP contribution is 2.29. The van der Waals surface area contributed by atoms with Crippen LogP contribution in [-0.4, -0.2) is 20.2 Å². The normalized spacial score (nSPS) is 10.8. The summed E-state index contributed by atoms with van der Waals surface area (Å²) in [6, 6.07) is 4.39. The standard InChI is InChI=1S/C11H8BrFN6O/c12-7-2-1-5(3-8(7)13)20-10-6-4-15-19-9(6)16-11(17-10)18-14/h1-4H,14H2,(H2,15,16,17,18,19). The number of hydrogen-bond donors (Lipinski definition) is 3. The summed E-state index contributed by atoms with van der Waals surface area (Å²) >= 11 is 3.07. The van der Waals surface area contributed by atoms with E-state index >= 15 is 0 Å². The molecule has 0 aliphatic rings. The van der Waals surface area contributed by atoms with Crippen LogP contribution in [0.2, 0.25) is 0 Å². The zero-order valence-corrected chi connectivity index (χ0v) is 11.5. The Morgan fingerprint density at radius 2 is 2.20 bits per heavy atom. The molecule has 0 radical (unpaired) electrons. The second-order valence-corrected chi connectivity index (χ2v) is 4.66. The molecule has 3 aromatic rings. The lowest BCUT2D eigenvalue weighted by Gasteiger charge is -2.07. The molecule has 3 rings (SSSR count). The number of hydrazine groups is 1. The first kappa shape index (κ1) is 12.8. The van der Waals surface area contributed by atoms with E-state index in [1.807, 2.05) is 0 Å². The highest BCUT2D eigenvalue weighted by atomic mass is 79.9. The predicted octanol–water partition coefficient (Wildman–Crippen LogP) is 2.33. The van der Waals surface area contributed by atoms with E-state index in [9.17, 15) is 4.39 Å². The van der Waals surface area contributed by atoms with E-state index in [1.54, 1.807) is 12.1 Å². The monoisotopic (exact) mass is 338 g/mol. The molecule has 0 amide bonds. The Labute approximate surface area is 120 Å². The Hall–Kier alpha value is -2.26. The van der Waals surface area contributed by atoms with Crippen molar-refractivity contribution in [2.45, 2.75) is 0 Å². The average Bonchev–Trinajstić information content (AvgIpc) is 2.91. The lowest BCUT2D eigenvalue weighted by Crippen LogP contribution is -2.10. The second kappa shape index (κ2) is 5.02. The van der Waals surface area contributed by atoms with Crippen molar-refractivity contribution in [2.24, 2.45) is 5.84 Å². The van der Waals surface area contributed by atoms with Crippen LogP contribution >= 0.6 is 15.9 Å². The van der Waals surface area contributed by atoms with Gasteiger partial charge in [0.05, 0.1) is 10.7 Å². The van der Waals surface area contributed by atoms with Crippen LogP contribution in [0.3, 0.4) is 0 Å². The lowest BCUT2D eigenvalue weighted by molar-refractivity contribution is 0.463. The van der Waals surface area contributed by atoms with E-state index in [1.165, 1.54) is 12.3 Å². The molecule has 2 heterocycles. The van der Waals surface area contributed by atoms with Crippen LogP contribution in [0.4, 0.5) is 10.3 Å². The molecule has 0 aliphatic carbocycles. The molecule has 0 saturated heterocycles. The van der Waals surface area contributed by atoms with Gasteiger partial charge in [0.15, 0.2) is 5.65 Å². The lowest BCUT2D eigenvalue weighted by atomic mass is 10.3. The first-order chi connectivity index (χ1) is 9.67. The van der Waals surface area contributed by atoms with Crippen molar-refractivity contribution in [1.29, 1.82) is 0 Å². The maximum atomic E-state index is 13.5. The summed E-state index contributed by atoms with van der Waals surface area (Å²) in [5.74, 6) is 5.53. The topological polar surface area (TPSA) is 102 Å². The van der Waals surface area contributed by atoms with E-state index in [2.05, 4.69) is 41.5 Å². The molecule has 0 bridgehead atoms. The van der Waals surface area contributed by atoms with Gasteiger partial charge in [-0.2, -0.15) is 15.1 Å². The molecule has 0 spiro atoms. The van der Waals surface area contributed by atoms with Crippen LogP contribution in [0.5, 0.6) is 11.6 Å². The van der Waals surface area contributed by atoms with Gasteiger partial charge in [-0.1, -0.05) is 0 Å². The highest BCUT2D eigenvalue weighted by molar-refractivity contribution is 9.10. The number of ether oxygens (including phenoxy) is 1. The molecule has 4 N–H and O–H groups in total. The van der Waals surface area contributed by atoms with Gasteiger partial charge >= 0.3 is 0 Å². The minimum atomic E-state index is -0.433. The molecule has 7 nitrogen and oxygen atoms in total. The maximum absolute atomic E-state index is 13.5. The molecule has 0 unspecified atom stereocenters. The van der Waals surface area contributed by atoms with Crippen molar-refractivity contribution in [1.82, 2.24) is 20.2 Å². The molecule has 0 saturated carbocycles. The van der Waals surface area contributed by atoms with Gasteiger partial charge in [-0.25, -0.2) is 10.2 Å². The third-order valence-corrected chi connectivity index (χ3v) is 3.15. The van der Waals surface area contributed by atoms with Gasteiger partial charge in [0.25, 0.3) is 0 Å². The first-order valence-electron chi connectivity index (χ1n) is 5.48. The van der Waals surface area contributed by atoms with Gasteiger partial charge in [0, 0.05) is 6.07 Å². The van der Waals surface area contributed by atoms with Crippen LogP contribution in [0.1, 0.15) is 0 Å². The summed E-state index contributed by atoms with van der Waals surface area (Å²) in [5.41, 5.74) is 2.78. The van der Waals surface area contributed by atoms with E-state index in [-0.39, 0.29) is 11.8 Å². The molecule has 0 aliphatic heterocycles. The number of hydrogen-bond acceptors (Lipinski definition) is 6. The molecule has 2 aromatic heterocycles. The molecular formula is C11H8BrFN6O. The zero-order valence-electron chi connectivity index (χ0n) is 9.89. The molecule has 0 atom stereocenters. The van der Waals surface area contributed by atoms with Crippen LogP contribution in [0, 0.1) is 5.82 Å². The van der Waals surface area contributed by atoms with Gasteiger partial charge in [0.2, 0.25) is 11.8 Å². The largest absolute Gasteiger partial charge is 0.438 e. The minimum Gasteiger partial charge on any atom is -0.438 e. The Kier molecular flexibility index (Phi) is 3.20. The van der Waals surface area contributed by atoms with Crippen molar-refractivity contribution < 1.29 is 9.13 Å². The SMILES string of the molecule is NNc1nc(Oc2ccc(Br)c(F)c2)c2cn[nH]c2n1. The fourth-order valence-corrected chi connectivity index (χ4v) is 1.85. The van der Waals surface area contributed by atoms with E-state index in [0.717, 1.165) is 0 Å². The van der Waals surface area contributed by atoms with Crippen molar-refractivity contribution in [3.05, 3.63) is 34.7 Å². The number of halogens is 2. The second-order valence-electron chi connectivity index (χ2n) is 3.81. The van der Waals surface area contributed by atoms with Gasteiger partial charge in [-0.3, -0.25) is 10.5 Å². The third-order valence-electron chi connectivity index (χ3n) is 2.51. The minimum absolute atomic E-state index is 0.161. The van der Waals surface area contributed by atoms with Crippen molar-refractivity contribution in [3.8, 4) is 11.6 Å². The summed E-state index contributed by atoms with van der Waals surface area (Å²) in [6.45, 7) is 0. The third kappa shape index (κ3) is 2.28. The van der Waals surface area contributed by atoms with E-state index in [0.29, 0.717) is 21.3 Å². The number of aromatic nitrogens is 4. The van der Waals surface area contributed by atoms with E-state index < -0.39 is 5.82 Å². The summed E-state index contributed by atoms with van der Waals surface area (Å²) in [5, 5.41) is 7.10. The van der Waals surface area contributed by atoms with Crippen LogP contribution in [-0.2, 0) is 0 Å². The number of nitrogens with zero attached hydrogens (tertiary/aromatic N) is 3. The maximum Gasteiger partial charge on any atom is 0.242 e. The summed E-state index contributed by atoms with van der Waals surface area (Å²) in [6.07, 6.45) is 1.51. The summed E-state index contributed by atoms with van der Waals surface area (Å²) < 4.78 is 19.4.